The molecule has 0 heterocycles. The molecule has 0 aliphatic heterocycles. The first kappa shape index (κ1) is 25.4. The minimum absolute atomic E-state index is 0.0492. The van der Waals surface area contributed by atoms with Crippen LogP contribution in [0.5, 0.6) is 0 Å². The van der Waals surface area contributed by atoms with Crippen molar-refractivity contribution in [2.45, 2.75) is 13.8 Å². The lowest BCUT2D eigenvalue weighted by molar-refractivity contribution is -0.385. The number of nitro benzene ring substituents is 2. The van der Waals surface area contributed by atoms with Crippen LogP contribution in [0.2, 0.25) is 0 Å². The van der Waals surface area contributed by atoms with E-state index < -0.39 is 21.7 Å². The van der Waals surface area contributed by atoms with Crippen molar-refractivity contribution in [2.75, 3.05) is 0 Å². The molecule has 0 bridgehead atoms. The van der Waals surface area contributed by atoms with Gasteiger partial charge in [0.25, 0.3) is 23.2 Å². The van der Waals surface area contributed by atoms with E-state index >= 15 is 0 Å². The van der Waals surface area contributed by atoms with Gasteiger partial charge in [-0.3, -0.25) is 29.8 Å². The van der Waals surface area contributed by atoms with Crippen molar-refractivity contribution in [3.63, 3.8) is 0 Å². The van der Waals surface area contributed by atoms with Gasteiger partial charge in [0.05, 0.1) is 21.3 Å². The Bertz CT molecular complexity index is 1260. The number of carbonyl (C=O) groups excluding carboxylic acids is 2. The minimum Gasteiger partial charge on any atom is -0.267 e. The Labute approximate surface area is 204 Å². The van der Waals surface area contributed by atoms with Crippen LogP contribution in [0.1, 0.15) is 45.7 Å². The molecule has 0 aliphatic carbocycles. The third kappa shape index (κ3) is 6.41. The number of amides is 2. The van der Waals surface area contributed by atoms with Crippen molar-refractivity contribution < 1.29 is 19.4 Å². The van der Waals surface area contributed by atoms with E-state index in [1.807, 2.05) is 0 Å². The van der Waals surface area contributed by atoms with Crippen molar-refractivity contribution in [3.8, 4) is 0 Å². The average molecular weight is 488 g/mol. The SMILES string of the molecule is C/C(=N\NC(=O)c1ccc(C(=O)N/N=C(\C)c2ccc([N+](=O)[O-])cc2)cc1)c1ccc([N+](=O)[O-])cc1. The third-order valence-electron chi connectivity index (χ3n) is 5.05. The molecular weight excluding hydrogens is 468 g/mol. The quantitative estimate of drug-likeness (QED) is 0.277. The zero-order chi connectivity index (χ0) is 26.2. The van der Waals surface area contributed by atoms with Gasteiger partial charge in [0.2, 0.25) is 0 Å². The maximum Gasteiger partial charge on any atom is 0.271 e. The molecule has 182 valence electrons. The first-order valence-corrected chi connectivity index (χ1v) is 10.4. The fourth-order valence-corrected chi connectivity index (χ4v) is 2.95. The van der Waals surface area contributed by atoms with Crippen LogP contribution < -0.4 is 10.9 Å². The molecule has 0 saturated carbocycles. The monoisotopic (exact) mass is 488 g/mol. The summed E-state index contributed by atoms with van der Waals surface area (Å²) in [5, 5.41) is 29.5. The van der Waals surface area contributed by atoms with E-state index in [0.29, 0.717) is 22.6 Å². The Hall–Kier alpha value is -5.26. The Kier molecular flexibility index (Phi) is 7.92. The molecule has 0 fully saturated rings. The van der Waals surface area contributed by atoms with Gasteiger partial charge in [0.15, 0.2) is 0 Å². The molecule has 3 aromatic carbocycles. The Balaban J connectivity index is 1.59. The molecule has 0 saturated heterocycles. The van der Waals surface area contributed by atoms with Crippen LogP contribution in [0.25, 0.3) is 0 Å². The fourth-order valence-electron chi connectivity index (χ4n) is 2.95. The number of nitrogens with zero attached hydrogens (tertiary/aromatic N) is 4. The zero-order valence-electron chi connectivity index (χ0n) is 19.2. The molecule has 0 spiro atoms. The number of non-ortho nitro benzene ring substituents is 2. The standard InChI is InChI=1S/C24H20N6O6/c1-15(17-7-11-21(12-8-17)29(33)34)25-27-23(31)19-3-5-20(6-4-19)24(32)28-26-16(2)18-9-13-22(14-10-18)30(35)36/h3-14H,1-2H3,(H,27,31)(H,28,32)/b25-15+,26-16+. The van der Waals surface area contributed by atoms with Gasteiger partial charge in [-0.25, -0.2) is 10.9 Å². The summed E-state index contributed by atoms with van der Waals surface area (Å²) >= 11 is 0. The van der Waals surface area contributed by atoms with Crippen LogP contribution in [0.3, 0.4) is 0 Å². The second-order valence-electron chi connectivity index (χ2n) is 7.46. The molecule has 0 aliphatic rings. The molecule has 0 aromatic heterocycles. The maximum atomic E-state index is 12.4. The Morgan fingerprint density at radius 1 is 0.583 bits per heavy atom. The Morgan fingerprint density at radius 3 is 1.14 bits per heavy atom. The molecular formula is C24H20N6O6. The molecule has 0 radical (unpaired) electrons. The molecule has 3 rings (SSSR count). The number of rotatable bonds is 8. The first-order chi connectivity index (χ1) is 17.2. The van der Waals surface area contributed by atoms with Crippen molar-refractivity contribution >= 4 is 34.6 Å². The van der Waals surface area contributed by atoms with Gasteiger partial charge >= 0.3 is 0 Å². The smallest absolute Gasteiger partial charge is 0.267 e. The maximum absolute atomic E-state index is 12.4. The number of hydrazone groups is 2. The van der Waals surface area contributed by atoms with E-state index in [1.54, 1.807) is 13.8 Å². The first-order valence-electron chi connectivity index (χ1n) is 10.4. The van der Waals surface area contributed by atoms with E-state index in [4.69, 9.17) is 0 Å². The molecule has 36 heavy (non-hydrogen) atoms. The highest BCUT2D eigenvalue weighted by atomic mass is 16.6. The van der Waals surface area contributed by atoms with Gasteiger partial charge in [-0.1, -0.05) is 0 Å². The predicted molar refractivity (Wildman–Crippen MR) is 132 cm³/mol. The summed E-state index contributed by atoms with van der Waals surface area (Å²) in [6, 6.07) is 17.3. The van der Waals surface area contributed by atoms with Gasteiger partial charge in [-0.15, -0.1) is 0 Å². The molecule has 12 nitrogen and oxygen atoms in total. The van der Waals surface area contributed by atoms with Crippen LogP contribution in [0, 0.1) is 20.2 Å². The summed E-state index contributed by atoms with van der Waals surface area (Å²) in [5.74, 6) is -1.01. The highest BCUT2D eigenvalue weighted by molar-refractivity contribution is 6.02. The number of nitro groups is 2. The minimum atomic E-state index is -0.505. The van der Waals surface area contributed by atoms with E-state index in [-0.39, 0.29) is 22.5 Å². The molecule has 0 atom stereocenters. The summed E-state index contributed by atoms with van der Waals surface area (Å²) in [5.41, 5.74) is 7.36. The normalized spacial score (nSPS) is 11.5. The summed E-state index contributed by atoms with van der Waals surface area (Å²) < 4.78 is 0. The van der Waals surface area contributed by atoms with Crippen molar-refractivity contribution in [3.05, 3.63) is 115 Å². The summed E-state index contributed by atoms with van der Waals surface area (Å²) in [6.45, 7) is 3.29. The molecule has 3 aromatic rings. The van der Waals surface area contributed by atoms with Gasteiger partial charge in [0.1, 0.15) is 0 Å². The average Bonchev–Trinajstić information content (AvgIpc) is 2.90. The Morgan fingerprint density at radius 2 is 0.861 bits per heavy atom. The number of hydrogen-bond donors (Lipinski definition) is 2. The van der Waals surface area contributed by atoms with E-state index in [0.717, 1.165) is 0 Å². The zero-order valence-corrected chi connectivity index (χ0v) is 19.2. The highest BCUT2D eigenvalue weighted by Gasteiger charge is 2.10. The van der Waals surface area contributed by atoms with Gasteiger partial charge in [-0.05, 0) is 73.5 Å². The van der Waals surface area contributed by atoms with Crippen LogP contribution in [-0.4, -0.2) is 33.1 Å². The van der Waals surface area contributed by atoms with Gasteiger partial charge in [0, 0.05) is 35.4 Å². The summed E-state index contributed by atoms with van der Waals surface area (Å²) in [4.78, 5) is 45.2. The van der Waals surface area contributed by atoms with Crippen LogP contribution in [0.15, 0.2) is 83.0 Å². The molecule has 12 heteroatoms. The van der Waals surface area contributed by atoms with Crippen molar-refractivity contribution in [1.82, 2.24) is 10.9 Å². The summed E-state index contributed by atoms with van der Waals surface area (Å²) in [6.07, 6.45) is 0. The van der Waals surface area contributed by atoms with Gasteiger partial charge < -0.3 is 0 Å². The fraction of sp³-hybridized carbons (Fsp3) is 0.0833. The lowest BCUT2D eigenvalue weighted by Crippen LogP contribution is -2.21. The lowest BCUT2D eigenvalue weighted by atomic mass is 10.1. The van der Waals surface area contributed by atoms with Crippen LogP contribution in [-0.2, 0) is 0 Å². The second kappa shape index (κ2) is 11.2. The van der Waals surface area contributed by atoms with E-state index in [2.05, 4.69) is 21.1 Å². The number of benzene rings is 3. The van der Waals surface area contributed by atoms with Crippen molar-refractivity contribution in [2.24, 2.45) is 10.2 Å². The largest absolute Gasteiger partial charge is 0.271 e. The highest BCUT2D eigenvalue weighted by Crippen LogP contribution is 2.14. The molecule has 2 amide bonds. The number of nitrogens with one attached hydrogen (secondary N) is 2. The van der Waals surface area contributed by atoms with Gasteiger partial charge in [-0.2, -0.15) is 10.2 Å². The summed E-state index contributed by atoms with van der Waals surface area (Å²) in [7, 11) is 0. The van der Waals surface area contributed by atoms with Crippen LogP contribution >= 0.6 is 0 Å². The molecule has 0 unspecified atom stereocenters. The second-order valence-corrected chi connectivity index (χ2v) is 7.46. The number of carbonyl (C=O) groups is 2. The lowest BCUT2D eigenvalue weighted by Gasteiger charge is -2.05. The third-order valence-corrected chi connectivity index (χ3v) is 5.05. The van der Waals surface area contributed by atoms with Crippen LogP contribution in [0.4, 0.5) is 11.4 Å². The van der Waals surface area contributed by atoms with Crippen molar-refractivity contribution in [1.29, 1.82) is 0 Å². The number of hydrogen-bond acceptors (Lipinski definition) is 8. The van der Waals surface area contributed by atoms with E-state index in [9.17, 15) is 29.8 Å². The molecule has 2 N–H and O–H groups in total. The topological polar surface area (TPSA) is 169 Å². The van der Waals surface area contributed by atoms with E-state index in [1.165, 1.54) is 72.8 Å². The predicted octanol–water partition coefficient (Wildman–Crippen LogP) is 3.81.